The molecule has 0 saturated carbocycles. The van der Waals surface area contributed by atoms with E-state index < -0.39 is 25.1 Å². The SMILES string of the molecule is CCN(C(C)C)S(=O)(=O)c1ccc(S(=O)(=O)F)cc1. The van der Waals surface area contributed by atoms with Crippen LogP contribution in [0.2, 0.25) is 0 Å². The molecular weight excluding hydrogens is 293 g/mol. The third kappa shape index (κ3) is 3.52. The zero-order valence-corrected chi connectivity index (χ0v) is 12.5. The van der Waals surface area contributed by atoms with E-state index in [0.717, 1.165) is 24.3 Å². The van der Waals surface area contributed by atoms with E-state index in [1.54, 1.807) is 20.8 Å². The van der Waals surface area contributed by atoms with Gasteiger partial charge >= 0.3 is 10.2 Å². The monoisotopic (exact) mass is 309 g/mol. The van der Waals surface area contributed by atoms with Crippen LogP contribution in [-0.2, 0) is 20.2 Å². The quantitative estimate of drug-likeness (QED) is 0.777. The maximum Gasteiger partial charge on any atom is 0.332 e. The van der Waals surface area contributed by atoms with Crippen LogP contribution in [0.5, 0.6) is 0 Å². The van der Waals surface area contributed by atoms with Gasteiger partial charge in [0.2, 0.25) is 10.0 Å². The van der Waals surface area contributed by atoms with Crippen molar-refractivity contribution in [3.63, 3.8) is 0 Å². The van der Waals surface area contributed by atoms with E-state index in [-0.39, 0.29) is 10.9 Å². The van der Waals surface area contributed by atoms with Crippen molar-refractivity contribution >= 4 is 20.2 Å². The van der Waals surface area contributed by atoms with E-state index >= 15 is 0 Å². The van der Waals surface area contributed by atoms with Gasteiger partial charge in [0.05, 0.1) is 9.79 Å². The summed E-state index contributed by atoms with van der Waals surface area (Å²) in [6, 6.07) is 3.84. The van der Waals surface area contributed by atoms with Crippen LogP contribution in [0.25, 0.3) is 0 Å². The lowest BCUT2D eigenvalue weighted by Crippen LogP contribution is -2.36. The fourth-order valence-electron chi connectivity index (χ4n) is 1.72. The molecule has 0 aromatic heterocycles. The predicted molar refractivity (Wildman–Crippen MR) is 69.4 cm³/mol. The van der Waals surface area contributed by atoms with Crippen molar-refractivity contribution in [1.82, 2.24) is 4.31 Å². The summed E-state index contributed by atoms with van der Waals surface area (Å²) in [4.78, 5) is -0.616. The highest BCUT2D eigenvalue weighted by molar-refractivity contribution is 7.89. The van der Waals surface area contributed by atoms with Crippen molar-refractivity contribution in [2.45, 2.75) is 36.6 Å². The maximum atomic E-state index is 12.7. The molecule has 0 fully saturated rings. The first-order valence-corrected chi connectivity index (χ1v) is 8.49. The Morgan fingerprint density at radius 3 is 1.79 bits per heavy atom. The van der Waals surface area contributed by atoms with Crippen LogP contribution >= 0.6 is 0 Å². The second kappa shape index (κ2) is 5.56. The van der Waals surface area contributed by atoms with Crippen LogP contribution in [0.3, 0.4) is 0 Å². The highest BCUT2D eigenvalue weighted by Gasteiger charge is 2.25. The Kier molecular flexibility index (Phi) is 4.70. The number of sulfonamides is 1. The Labute approximate surface area is 113 Å². The molecule has 0 atom stereocenters. The zero-order valence-electron chi connectivity index (χ0n) is 10.9. The lowest BCUT2D eigenvalue weighted by Gasteiger charge is -2.24. The highest BCUT2D eigenvalue weighted by atomic mass is 32.3. The van der Waals surface area contributed by atoms with Gasteiger partial charge in [-0.15, -0.1) is 3.89 Å². The fraction of sp³-hybridized carbons (Fsp3) is 0.455. The van der Waals surface area contributed by atoms with Gasteiger partial charge in [0.1, 0.15) is 0 Å². The molecule has 8 heteroatoms. The molecule has 1 rings (SSSR count). The molecule has 0 N–H and O–H groups in total. The Hall–Kier alpha value is -0.990. The number of benzene rings is 1. The summed E-state index contributed by atoms with van der Waals surface area (Å²) in [7, 11) is -8.51. The Morgan fingerprint density at radius 1 is 1.05 bits per heavy atom. The minimum Gasteiger partial charge on any atom is -0.207 e. The van der Waals surface area contributed by atoms with Gasteiger partial charge in [-0.2, -0.15) is 12.7 Å². The molecule has 1 aromatic carbocycles. The van der Waals surface area contributed by atoms with Crippen molar-refractivity contribution in [2.75, 3.05) is 6.54 Å². The lowest BCUT2D eigenvalue weighted by molar-refractivity contribution is 0.369. The van der Waals surface area contributed by atoms with Crippen LogP contribution < -0.4 is 0 Å². The van der Waals surface area contributed by atoms with Crippen LogP contribution in [0, 0.1) is 0 Å². The fourth-order valence-corrected chi connectivity index (χ4v) is 3.83. The topological polar surface area (TPSA) is 71.5 Å². The normalized spacial score (nSPS) is 13.2. The van der Waals surface area contributed by atoms with Crippen LogP contribution in [0.1, 0.15) is 20.8 Å². The van der Waals surface area contributed by atoms with Gasteiger partial charge in [0.25, 0.3) is 0 Å². The highest BCUT2D eigenvalue weighted by Crippen LogP contribution is 2.20. The molecule has 1 aromatic rings. The van der Waals surface area contributed by atoms with Crippen molar-refractivity contribution in [1.29, 1.82) is 0 Å². The number of halogens is 1. The van der Waals surface area contributed by atoms with E-state index in [9.17, 15) is 20.7 Å². The third-order valence-corrected chi connectivity index (χ3v) is 5.60. The van der Waals surface area contributed by atoms with E-state index in [1.807, 2.05) is 0 Å². The van der Waals surface area contributed by atoms with Gasteiger partial charge in [-0.05, 0) is 38.1 Å². The summed E-state index contributed by atoms with van der Waals surface area (Å²) in [5, 5.41) is 0. The van der Waals surface area contributed by atoms with Gasteiger partial charge < -0.3 is 0 Å². The summed E-state index contributed by atoms with van der Waals surface area (Å²) < 4.78 is 59.8. The molecule has 0 heterocycles. The average Bonchev–Trinajstić information content (AvgIpc) is 2.28. The van der Waals surface area contributed by atoms with Crippen molar-refractivity contribution in [3.8, 4) is 0 Å². The minimum absolute atomic E-state index is 0.0598. The van der Waals surface area contributed by atoms with Crippen LogP contribution in [0.15, 0.2) is 34.1 Å². The van der Waals surface area contributed by atoms with Crippen LogP contribution in [-0.4, -0.2) is 33.7 Å². The molecule has 0 aliphatic heterocycles. The molecule has 0 saturated heterocycles. The molecule has 19 heavy (non-hydrogen) atoms. The Balaban J connectivity index is 3.24. The average molecular weight is 309 g/mol. The van der Waals surface area contributed by atoms with E-state index in [4.69, 9.17) is 0 Å². The number of nitrogens with zero attached hydrogens (tertiary/aromatic N) is 1. The number of hydrogen-bond donors (Lipinski definition) is 0. The van der Waals surface area contributed by atoms with Gasteiger partial charge in [-0.25, -0.2) is 8.42 Å². The molecule has 0 aliphatic rings. The summed E-state index contributed by atoms with van der Waals surface area (Å²) in [6.07, 6.45) is 0. The first kappa shape index (κ1) is 16.1. The molecule has 0 unspecified atom stereocenters. The molecule has 0 aliphatic carbocycles. The molecular formula is C11H16FNO4S2. The van der Waals surface area contributed by atoms with E-state index in [1.165, 1.54) is 4.31 Å². The molecule has 5 nitrogen and oxygen atoms in total. The Morgan fingerprint density at radius 2 is 1.47 bits per heavy atom. The number of hydrogen-bond acceptors (Lipinski definition) is 4. The van der Waals surface area contributed by atoms with Gasteiger partial charge in [-0.1, -0.05) is 6.92 Å². The molecule has 0 bridgehead atoms. The second-order valence-electron chi connectivity index (χ2n) is 4.21. The third-order valence-electron chi connectivity index (χ3n) is 2.60. The minimum atomic E-state index is -4.82. The molecule has 108 valence electrons. The Bertz CT molecular complexity index is 636. The van der Waals surface area contributed by atoms with Gasteiger partial charge in [0.15, 0.2) is 0 Å². The summed E-state index contributed by atoms with van der Waals surface area (Å²) >= 11 is 0. The van der Waals surface area contributed by atoms with Crippen molar-refractivity contribution < 1.29 is 20.7 Å². The second-order valence-corrected chi connectivity index (χ2v) is 7.45. The summed E-state index contributed by atoms with van der Waals surface area (Å²) in [6.45, 7) is 5.48. The summed E-state index contributed by atoms with van der Waals surface area (Å²) in [5.41, 5.74) is 0. The van der Waals surface area contributed by atoms with Gasteiger partial charge in [-0.3, -0.25) is 0 Å². The number of rotatable bonds is 5. The zero-order chi connectivity index (χ0) is 14.8. The largest absolute Gasteiger partial charge is 0.332 e. The van der Waals surface area contributed by atoms with Crippen molar-refractivity contribution in [2.24, 2.45) is 0 Å². The van der Waals surface area contributed by atoms with Crippen LogP contribution in [0.4, 0.5) is 3.89 Å². The smallest absolute Gasteiger partial charge is 0.207 e. The molecule has 0 amide bonds. The first-order valence-electron chi connectivity index (χ1n) is 5.67. The standard InChI is InChI=1S/C11H16FNO4S2/c1-4-13(9(2)3)19(16,17)11-7-5-10(6-8-11)18(12,14)15/h5-9H,4H2,1-3H3. The predicted octanol–water partition coefficient (Wildman–Crippen LogP) is 1.76. The van der Waals surface area contributed by atoms with E-state index in [0.29, 0.717) is 6.54 Å². The maximum absolute atomic E-state index is 12.7. The summed E-state index contributed by atoms with van der Waals surface area (Å²) in [5.74, 6) is 0. The molecule has 0 radical (unpaired) electrons. The van der Waals surface area contributed by atoms with Crippen molar-refractivity contribution in [3.05, 3.63) is 24.3 Å². The lowest BCUT2D eigenvalue weighted by atomic mass is 10.4. The molecule has 0 spiro atoms. The first-order chi connectivity index (χ1) is 8.60. The van der Waals surface area contributed by atoms with E-state index in [2.05, 4.69) is 0 Å². The van der Waals surface area contributed by atoms with Gasteiger partial charge in [0, 0.05) is 12.6 Å².